The number of aromatic amines is 1. The van der Waals surface area contributed by atoms with Crippen LogP contribution in [0.1, 0.15) is 40.9 Å². The first-order valence-electron chi connectivity index (χ1n) is 8.30. The molecular weight excluding hydrogens is 291 g/mol. The molecule has 1 N–H and O–H groups in total. The second-order valence-corrected chi connectivity index (χ2v) is 6.52. The van der Waals surface area contributed by atoms with Crippen molar-refractivity contribution >= 4 is 5.91 Å². The predicted molar refractivity (Wildman–Crippen MR) is 88.9 cm³/mol. The Balaban J connectivity index is 1.55. The number of carbonyl (C=O) groups is 1. The van der Waals surface area contributed by atoms with E-state index in [4.69, 9.17) is 0 Å². The minimum Gasteiger partial charge on any atom is -0.357 e. The molecule has 0 spiro atoms. The molecule has 3 rings (SSSR count). The van der Waals surface area contributed by atoms with Gasteiger partial charge in [-0.3, -0.25) is 4.79 Å². The molecule has 23 heavy (non-hydrogen) atoms. The maximum Gasteiger partial charge on any atom is 0.270 e. The van der Waals surface area contributed by atoms with Gasteiger partial charge in [0.05, 0.1) is 0 Å². The molecule has 0 radical (unpaired) electrons. The van der Waals surface area contributed by atoms with E-state index in [0.29, 0.717) is 11.6 Å². The van der Waals surface area contributed by atoms with Gasteiger partial charge in [-0.2, -0.15) is 0 Å². The Bertz CT molecular complexity index is 662. The van der Waals surface area contributed by atoms with E-state index in [1.54, 1.807) is 0 Å². The Labute approximate surface area is 136 Å². The van der Waals surface area contributed by atoms with Gasteiger partial charge in [0.15, 0.2) is 0 Å². The Morgan fingerprint density at radius 1 is 1.35 bits per heavy atom. The summed E-state index contributed by atoms with van der Waals surface area (Å²) in [6.45, 7) is 3.64. The van der Waals surface area contributed by atoms with Crippen LogP contribution in [0.15, 0.2) is 36.5 Å². The first kappa shape index (κ1) is 15.8. The lowest BCUT2D eigenvalue weighted by molar-refractivity contribution is 0.0663. The van der Waals surface area contributed by atoms with Gasteiger partial charge in [0, 0.05) is 19.3 Å². The molecule has 2 heterocycles. The molecule has 1 fully saturated rings. The van der Waals surface area contributed by atoms with Crippen LogP contribution in [-0.2, 0) is 6.42 Å². The van der Waals surface area contributed by atoms with Crippen molar-refractivity contribution < 1.29 is 9.18 Å². The molecule has 1 aromatic heterocycles. The summed E-state index contributed by atoms with van der Waals surface area (Å²) in [5.74, 6) is 0.433. The molecule has 2 aromatic rings. The van der Waals surface area contributed by atoms with Crippen molar-refractivity contribution in [2.45, 2.75) is 32.6 Å². The number of hydrogen-bond donors (Lipinski definition) is 1. The smallest absolute Gasteiger partial charge is 0.270 e. The van der Waals surface area contributed by atoms with Crippen molar-refractivity contribution in [2.24, 2.45) is 5.92 Å². The number of likely N-dealkylation sites (tertiary alicyclic amines) is 1. The van der Waals surface area contributed by atoms with Gasteiger partial charge in [0.25, 0.3) is 5.91 Å². The summed E-state index contributed by atoms with van der Waals surface area (Å²) in [6, 6.07) is 8.63. The number of aromatic nitrogens is 1. The lowest BCUT2D eigenvalue weighted by atomic mass is 9.91. The molecule has 122 valence electrons. The predicted octanol–water partition coefficient (Wildman–Crippen LogP) is 3.95. The van der Waals surface area contributed by atoms with Crippen LogP contribution in [0.3, 0.4) is 0 Å². The molecular formula is C19H23FN2O. The zero-order valence-electron chi connectivity index (χ0n) is 13.5. The molecule has 3 nitrogen and oxygen atoms in total. The summed E-state index contributed by atoms with van der Waals surface area (Å²) in [6.07, 6.45) is 6.06. The van der Waals surface area contributed by atoms with Crippen LogP contribution in [0.5, 0.6) is 0 Å². The van der Waals surface area contributed by atoms with Crippen molar-refractivity contribution in [3.8, 4) is 0 Å². The lowest BCUT2D eigenvalue weighted by Gasteiger charge is -2.32. The molecule has 0 bridgehead atoms. The molecule has 1 atom stereocenters. The third-order valence-electron chi connectivity index (χ3n) is 4.62. The van der Waals surface area contributed by atoms with Gasteiger partial charge in [-0.1, -0.05) is 12.1 Å². The van der Waals surface area contributed by atoms with E-state index in [2.05, 4.69) is 4.98 Å². The fraction of sp³-hybridized carbons (Fsp3) is 0.421. The maximum atomic E-state index is 12.9. The summed E-state index contributed by atoms with van der Waals surface area (Å²) in [5.41, 5.74) is 2.93. The van der Waals surface area contributed by atoms with E-state index >= 15 is 0 Å². The molecule has 0 saturated carbocycles. The highest BCUT2D eigenvalue weighted by Gasteiger charge is 2.24. The largest absolute Gasteiger partial charge is 0.357 e. The Kier molecular flexibility index (Phi) is 4.79. The molecule has 1 aliphatic rings. The molecule has 0 unspecified atom stereocenters. The highest BCUT2D eigenvalue weighted by atomic mass is 19.1. The monoisotopic (exact) mass is 314 g/mol. The average Bonchev–Trinajstić information content (AvgIpc) is 3.00. The normalized spacial score (nSPS) is 18.2. The van der Waals surface area contributed by atoms with E-state index in [1.165, 1.54) is 12.1 Å². The van der Waals surface area contributed by atoms with E-state index in [1.807, 2.05) is 36.2 Å². The van der Waals surface area contributed by atoms with Gasteiger partial charge < -0.3 is 9.88 Å². The Morgan fingerprint density at radius 2 is 2.13 bits per heavy atom. The van der Waals surface area contributed by atoms with Gasteiger partial charge in [-0.05, 0) is 67.9 Å². The Hall–Kier alpha value is -2.10. The van der Waals surface area contributed by atoms with E-state index in [0.717, 1.165) is 49.9 Å². The third-order valence-corrected chi connectivity index (χ3v) is 4.62. The quantitative estimate of drug-likeness (QED) is 0.911. The van der Waals surface area contributed by atoms with E-state index in [9.17, 15) is 9.18 Å². The summed E-state index contributed by atoms with van der Waals surface area (Å²) < 4.78 is 12.9. The minimum atomic E-state index is -0.190. The number of amides is 1. The van der Waals surface area contributed by atoms with Crippen LogP contribution < -0.4 is 0 Å². The fourth-order valence-electron chi connectivity index (χ4n) is 3.30. The van der Waals surface area contributed by atoms with Gasteiger partial charge in [0.1, 0.15) is 11.5 Å². The Morgan fingerprint density at radius 3 is 2.83 bits per heavy atom. The van der Waals surface area contributed by atoms with Gasteiger partial charge >= 0.3 is 0 Å². The molecule has 4 heteroatoms. The number of nitrogens with one attached hydrogen (secondary N) is 1. The number of H-pyrrole nitrogens is 1. The SMILES string of the molecule is Cc1c[nH]c(C(=O)N2CCC[C@@H](CCc3ccc(F)cc3)C2)c1. The maximum absolute atomic E-state index is 12.9. The molecule has 1 saturated heterocycles. The van der Waals surface area contributed by atoms with Gasteiger partial charge in [0.2, 0.25) is 0 Å². The number of aryl methyl sites for hydroxylation is 2. The van der Waals surface area contributed by atoms with Gasteiger partial charge in [-0.15, -0.1) is 0 Å². The van der Waals surface area contributed by atoms with E-state index in [-0.39, 0.29) is 11.7 Å². The lowest BCUT2D eigenvalue weighted by Crippen LogP contribution is -2.40. The standard InChI is InChI=1S/C19H23FN2O/c1-14-11-18(21-12-14)19(23)22-10-2-3-16(13-22)5-4-15-6-8-17(20)9-7-15/h6-9,11-12,16,21H,2-5,10,13H2,1H3/t16-/m0/s1. The van der Waals surface area contributed by atoms with Crippen molar-refractivity contribution in [3.05, 3.63) is 59.2 Å². The van der Waals surface area contributed by atoms with Crippen LogP contribution in [0, 0.1) is 18.7 Å². The first-order chi connectivity index (χ1) is 11.1. The van der Waals surface area contributed by atoms with Crippen LogP contribution in [0.2, 0.25) is 0 Å². The second kappa shape index (κ2) is 6.99. The van der Waals surface area contributed by atoms with Crippen molar-refractivity contribution in [2.75, 3.05) is 13.1 Å². The van der Waals surface area contributed by atoms with Crippen LogP contribution in [0.25, 0.3) is 0 Å². The number of nitrogens with zero attached hydrogens (tertiary/aromatic N) is 1. The zero-order chi connectivity index (χ0) is 16.2. The zero-order valence-corrected chi connectivity index (χ0v) is 13.5. The van der Waals surface area contributed by atoms with Crippen molar-refractivity contribution in [3.63, 3.8) is 0 Å². The fourth-order valence-corrected chi connectivity index (χ4v) is 3.30. The van der Waals surface area contributed by atoms with E-state index < -0.39 is 0 Å². The number of piperidine rings is 1. The highest BCUT2D eigenvalue weighted by Crippen LogP contribution is 2.23. The van der Waals surface area contributed by atoms with Crippen LogP contribution in [0.4, 0.5) is 4.39 Å². The number of halogens is 1. The number of hydrogen-bond acceptors (Lipinski definition) is 1. The average molecular weight is 314 g/mol. The first-order valence-corrected chi connectivity index (χ1v) is 8.30. The topological polar surface area (TPSA) is 36.1 Å². The van der Waals surface area contributed by atoms with Gasteiger partial charge in [-0.25, -0.2) is 4.39 Å². The summed E-state index contributed by atoms with van der Waals surface area (Å²) >= 11 is 0. The number of rotatable bonds is 4. The second-order valence-electron chi connectivity index (χ2n) is 6.52. The third kappa shape index (κ3) is 4.01. The molecule has 1 aromatic carbocycles. The summed E-state index contributed by atoms with van der Waals surface area (Å²) in [4.78, 5) is 17.5. The van der Waals surface area contributed by atoms with Crippen molar-refractivity contribution in [1.82, 2.24) is 9.88 Å². The molecule has 0 aliphatic carbocycles. The molecule has 1 amide bonds. The van der Waals surface area contributed by atoms with Crippen LogP contribution >= 0.6 is 0 Å². The minimum absolute atomic E-state index is 0.101. The van der Waals surface area contributed by atoms with Crippen molar-refractivity contribution in [1.29, 1.82) is 0 Å². The summed E-state index contributed by atoms with van der Waals surface area (Å²) in [5, 5.41) is 0. The molecule has 1 aliphatic heterocycles. The highest BCUT2D eigenvalue weighted by molar-refractivity contribution is 5.92. The number of benzene rings is 1. The summed E-state index contributed by atoms with van der Waals surface area (Å²) in [7, 11) is 0. The number of carbonyl (C=O) groups excluding carboxylic acids is 1. The van der Waals surface area contributed by atoms with Crippen LogP contribution in [-0.4, -0.2) is 28.9 Å².